The Labute approximate surface area is 144 Å². The van der Waals surface area contributed by atoms with Gasteiger partial charge in [-0.1, -0.05) is 13.0 Å². The Morgan fingerprint density at radius 2 is 2.25 bits per heavy atom. The van der Waals surface area contributed by atoms with Crippen LogP contribution in [0.15, 0.2) is 18.2 Å². The zero-order chi connectivity index (χ0) is 17.0. The third-order valence-corrected chi connectivity index (χ3v) is 5.42. The molecule has 0 bridgehead atoms. The third kappa shape index (κ3) is 3.59. The summed E-state index contributed by atoms with van der Waals surface area (Å²) in [6, 6.07) is 6.08. The number of aliphatic hydroxyl groups excluding tert-OH is 2. The molecule has 2 fully saturated rings. The Balaban J connectivity index is 1.68. The molecule has 2 N–H and O–H groups in total. The van der Waals surface area contributed by atoms with Gasteiger partial charge < -0.3 is 19.7 Å². The van der Waals surface area contributed by atoms with Crippen LogP contribution in [-0.2, 0) is 17.9 Å². The first-order valence-corrected chi connectivity index (χ1v) is 8.97. The van der Waals surface area contributed by atoms with Gasteiger partial charge in [-0.2, -0.15) is 0 Å². The van der Waals surface area contributed by atoms with Crippen LogP contribution in [0.1, 0.15) is 30.9 Å². The first kappa shape index (κ1) is 17.7. The second-order valence-electron chi connectivity index (χ2n) is 7.16. The molecule has 0 aliphatic carbocycles. The largest absolute Gasteiger partial charge is 0.493 e. The number of likely N-dealkylation sites (tertiary alicyclic amines) is 1. The molecule has 3 rings (SSSR count). The standard InChI is InChI=1S/C19H29NO4/c1-2-6-24-18-4-3-15(8-16(18)11-21)9-20-10-17-12-23-7-5-19(17,13-20)14-22/h3-4,8,17,21-22H,2,5-7,9-14H2,1H3/t17-,19-/m1/s1. The predicted octanol–water partition coefficient (Wildman–Crippen LogP) is 1.80. The minimum Gasteiger partial charge on any atom is -0.493 e. The number of ether oxygens (including phenoxy) is 2. The monoisotopic (exact) mass is 335 g/mol. The van der Waals surface area contributed by atoms with Gasteiger partial charge in [0.1, 0.15) is 5.75 Å². The van der Waals surface area contributed by atoms with E-state index in [1.165, 1.54) is 5.56 Å². The van der Waals surface area contributed by atoms with Crippen molar-refractivity contribution < 1.29 is 19.7 Å². The van der Waals surface area contributed by atoms with Gasteiger partial charge in [-0.15, -0.1) is 0 Å². The summed E-state index contributed by atoms with van der Waals surface area (Å²) in [6.07, 6.45) is 1.89. The number of benzene rings is 1. The van der Waals surface area contributed by atoms with Gasteiger partial charge in [0, 0.05) is 43.1 Å². The van der Waals surface area contributed by atoms with Gasteiger partial charge >= 0.3 is 0 Å². The van der Waals surface area contributed by atoms with Crippen molar-refractivity contribution in [2.45, 2.75) is 32.9 Å². The molecule has 2 heterocycles. The van der Waals surface area contributed by atoms with E-state index in [9.17, 15) is 10.2 Å². The summed E-state index contributed by atoms with van der Waals surface area (Å²) in [7, 11) is 0. The minimum atomic E-state index is -0.00999. The Bertz CT molecular complexity index is 550. The highest BCUT2D eigenvalue weighted by Crippen LogP contribution is 2.42. The van der Waals surface area contributed by atoms with Crippen molar-refractivity contribution in [1.82, 2.24) is 4.90 Å². The molecule has 1 aromatic rings. The van der Waals surface area contributed by atoms with Crippen LogP contribution in [-0.4, -0.2) is 54.6 Å². The molecular formula is C19H29NO4. The summed E-state index contributed by atoms with van der Waals surface area (Å²) < 4.78 is 11.3. The maximum atomic E-state index is 9.90. The molecule has 2 aliphatic heterocycles. The Morgan fingerprint density at radius 3 is 2.96 bits per heavy atom. The first-order valence-electron chi connectivity index (χ1n) is 8.97. The Morgan fingerprint density at radius 1 is 1.38 bits per heavy atom. The molecule has 2 atom stereocenters. The highest BCUT2D eigenvalue weighted by Gasteiger charge is 2.47. The third-order valence-electron chi connectivity index (χ3n) is 5.42. The molecule has 0 saturated carbocycles. The van der Waals surface area contributed by atoms with Crippen molar-refractivity contribution in [2.24, 2.45) is 11.3 Å². The second kappa shape index (κ2) is 7.83. The first-order chi connectivity index (χ1) is 11.7. The van der Waals surface area contributed by atoms with Crippen LogP contribution in [0.25, 0.3) is 0 Å². The number of fused-ring (bicyclic) bond motifs is 1. The van der Waals surface area contributed by atoms with Crippen LogP contribution >= 0.6 is 0 Å². The number of rotatable bonds is 7. The molecule has 0 unspecified atom stereocenters. The van der Waals surface area contributed by atoms with Crippen molar-refractivity contribution >= 4 is 0 Å². The summed E-state index contributed by atoms with van der Waals surface area (Å²) in [6.45, 7) is 7.18. The van der Waals surface area contributed by atoms with Crippen molar-refractivity contribution in [1.29, 1.82) is 0 Å². The van der Waals surface area contributed by atoms with Crippen molar-refractivity contribution in [3.8, 4) is 5.75 Å². The van der Waals surface area contributed by atoms with Crippen LogP contribution in [0.3, 0.4) is 0 Å². The van der Waals surface area contributed by atoms with E-state index in [1.54, 1.807) is 0 Å². The SMILES string of the molecule is CCCOc1ccc(CN2C[C@@H]3COCC[C@]3(CO)C2)cc1CO. The zero-order valence-electron chi connectivity index (χ0n) is 14.5. The zero-order valence-corrected chi connectivity index (χ0v) is 14.5. The van der Waals surface area contributed by atoms with E-state index in [0.29, 0.717) is 12.5 Å². The maximum absolute atomic E-state index is 9.90. The van der Waals surface area contributed by atoms with E-state index >= 15 is 0 Å². The van der Waals surface area contributed by atoms with Crippen LogP contribution in [0.5, 0.6) is 5.75 Å². The topological polar surface area (TPSA) is 62.2 Å². The molecule has 134 valence electrons. The molecule has 2 aliphatic rings. The average molecular weight is 335 g/mol. The fraction of sp³-hybridized carbons (Fsp3) is 0.684. The second-order valence-corrected chi connectivity index (χ2v) is 7.16. The summed E-state index contributed by atoms with van der Waals surface area (Å²) >= 11 is 0. The van der Waals surface area contributed by atoms with Crippen LogP contribution in [0.4, 0.5) is 0 Å². The summed E-state index contributed by atoms with van der Waals surface area (Å²) in [5, 5.41) is 19.5. The quantitative estimate of drug-likeness (QED) is 0.796. The molecular weight excluding hydrogens is 306 g/mol. The Kier molecular flexibility index (Phi) is 5.76. The van der Waals surface area contributed by atoms with Crippen LogP contribution in [0, 0.1) is 11.3 Å². The molecule has 24 heavy (non-hydrogen) atoms. The lowest BCUT2D eigenvalue weighted by Gasteiger charge is -2.36. The van der Waals surface area contributed by atoms with Gasteiger partial charge in [0.2, 0.25) is 0 Å². The van der Waals surface area contributed by atoms with Gasteiger partial charge in [0.25, 0.3) is 0 Å². The van der Waals surface area contributed by atoms with Gasteiger partial charge in [-0.25, -0.2) is 0 Å². The summed E-state index contributed by atoms with van der Waals surface area (Å²) in [4.78, 5) is 2.40. The van der Waals surface area contributed by atoms with Gasteiger partial charge in [0.05, 0.1) is 26.4 Å². The van der Waals surface area contributed by atoms with Crippen LogP contribution in [0.2, 0.25) is 0 Å². The molecule has 5 heteroatoms. The summed E-state index contributed by atoms with van der Waals surface area (Å²) in [5.41, 5.74) is 2.02. The molecule has 0 spiro atoms. The van der Waals surface area contributed by atoms with E-state index in [-0.39, 0.29) is 18.6 Å². The van der Waals surface area contributed by atoms with Crippen molar-refractivity contribution in [2.75, 3.05) is 39.5 Å². The lowest BCUT2D eigenvalue weighted by Crippen LogP contribution is -2.41. The molecule has 2 saturated heterocycles. The minimum absolute atomic E-state index is 0.00222. The lowest BCUT2D eigenvalue weighted by molar-refractivity contribution is -0.0417. The molecule has 0 aromatic heterocycles. The number of hydrogen-bond acceptors (Lipinski definition) is 5. The average Bonchev–Trinajstić information content (AvgIpc) is 2.98. The Hall–Kier alpha value is -1.14. The fourth-order valence-electron chi connectivity index (χ4n) is 4.00. The smallest absolute Gasteiger partial charge is 0.124 e. The normalized spacial score (nSPS) is 27.2. The number of aliphatic hydroxyl groups is 2. The van der Waals surface area contributed by atoms with E-state index in [2.05, 4.69) is 17.9 Å². The van der Waals surface area contributed by atoms with Crippen LogP contribution < -0.4 is 4.74 Å². The number of hydrogen-bond donors (Lipinski definition) is 2. The van der Waals surface area contributed by atoms with Gasteiger partial charge in [-0.05, 0) is 30.5 Å². The van der Waals surface area contributed by atoms with Gasteiger partial charge in [0.15, 0.2) is 0 Å². The predicted molar refractivity (Wildman–Crippen MR) is 91.9 cm³/mol. The lowest BCUT2D eigenvalue weighted by atomic mass is 9.75. The number of nitrogens with zero attached hydrogens (tertiary/aromatic N) is 1. The molecule has 0 radical (unpaired) electrons. The molecule has 5 nitrogen and oxygen atoms in total. The molecule has 0 amide bonds. The van der Waals surface area contributed by atoms with E-state index in [0.717, 1.165) is 57.0 Å². The summed E-state index contributed by atoms with van der Waals surface area (Å²) in [5.74, 6) is 1.19. The van der Waals surface area contributed by atoms with E-state index in [1.807, 2.05) is 12.1 Å². The van der Waals surface area contributed by atoms with Gasteiger partial charge in [-0.3, -0.25) is 4.90 Å². The fourth-order valence-corrected chi connectivity index (χ4v) is 4.00. The van der Waals surface area contributed by atoms with Crippen molar-refractivity contribution in [3.63, 3.8) is 0 Å². The van der Waals surface area contributed by atoms with E-state index < -0.39 is 0 Å². The highest BCUT2D eigenvalue weighted by molar-refractivity contribution is 5.37. The maximum Gasteiger partial charge on any atom is 0.124 e. The molecule has 1 aromatic carbocycles. The van der Waals surface area contributed by atoms with Crippen molar-refractivity contribution in [3.05, 3.63) is 29.3 Å². The highest BCUT2D eigenvalue weighted by atomic mass is 16.5. The van der Waals surface area contributed by atoms with E-state index in [4.69, 9.17) is 9.47 Å².